The summed E-state index contributed by atoms with van der Waals surface area (Å²) in [6.45, 7) is 6.90. The molecule has 5 nitrogen and oxygen atoms in total. The Kier molecular flexibility index (Phi) is 6.46. The highest BCUT2D eigenvalue weighted by Gasteiger charge is 2.34. The normalized spacial score (nSPS) is 26.4. The average molecular weight is 283 g/mol. The Morgan fingerprint density at radius 3 is 2.60 bits per heavy atom. The average Bonchev–Trinajstić information content (AvgIpc) is 2.38. The maximum Gasteiger partial charge on any atom is 0.239 e. The second-order valence-corrected chi connectivity index (χ2v) is 6.45. The molecule has 0 aromatic heterocycles. The number of nitrogens with one attached hydrogen (secondary N) is 1. The van der Waals surface area contributed by atoms with Gasteiger partial charge in [0.2, 0.25) is 11.8 Å². The summed E-state index contributed by atoms with van der Waals surface area (Å²) >= 11 is 0. The molecule has 5 heteroatoms. The van der Waals surface area contributed by atoms with Gasteiger partial charge in [-0.15, -0.1) is 0 Å². The molecule has 2 amide bonds. The first-order valence-electron chi connectivity index (χ1n) is 7.60. The highest BCUT2D eigenvalue weighted by Crippen LogP contribution is 2.30. The van der Waals surface area contributed by atoms with Gasteiger partial charge in [-0.05, 0) is 24.7 Å². The highest BCUT2D eigenvalue weighted by molar-refractivity contribution is 5.85. The Hall–Kier alpha value is -1.10. The number of carbonyl (C=O) groups is 2. The van der Waals surface area contributed by atoms with E-state index in [1.165, 1.54) is 4.90 Å². The van der Waals surface area contributed by atoms with Crippen LogP contribution in [0.25, 0.3) is 0 Å². The van der Waals surface area contributed by atoms with Crippen molar-refractivity contribution in [3.63, 3.8) is 0 Å². The monoisotopic (exact) mass is 283 g/mol. The smallest absolute Gasteiger partial charge is 0.239 e. The number of hydrogen-bond acceptors (Lipinski definition) is 3. The second-order valence-electron chi connectivity index (χ2n) is 6.45. The molecule has 1 aliphatic carbocycles. The lowest BCUT2D eigenvalue weighted by Crippen LogP contribution is -2.47. The van der Waals surface area contributed by atoms with Gasteiger partial charge in [0, 0.05) is 25.6 Å². The van der Waals surface area contributed by atoms with Crippen LogP contribution in [0.5, 0.6) is 0 Å². The van der Waals surface area contributed by atoms with E-state index in [2.05, 4.69) is 5.32 Å². The third-order valence-electron chi connectivity index (χ3n) is 4.14. The molecule has 1 rings (SSSR count). The number of likely N-dealkylation sites (N-methyl/N-ethyl adjacent to an activating group) is 1. The molecule has 0 bridgehead atoms. The number of hydrogen-bond donors (Lipinski definition) is 2. The summed E-state index contributed by atoms with van der Waals surface area (Å²) in [5.41, 5.74) is 6.04. The second kappa shape index (κ2) is 7.62. The largest absolute Gasteiger partial charge is 0.354 e. The summed E-state index contributed by atoms with van der Waals surface area (Å²) in [6.07, 6.45) is 2.87. The maximum absolute atomic E-state index is 12.4. The van der Waals surface area contributed by atoms with Crippen LogP contribution in [0.1, 0.15) is 40.0 Å². The first-order valence-corrected chi connectivity index (χ1v) is 7.60. The molecule has 116 valence electrons. The van der Waals surface area contributed by atoms with Crippen molar-refractivity contribution in [2.75, 3.05) is 20.1 Å². The third kappa shape index (κ3) is 4.78. The van der Waals surface area contributed by atoms with E-state index in [1.807, 2.05) is 20.8 Å². The van der Waals surface area contributed by atoms with Gasteiger partial charge in [0.05, 0.1) is 6.54 Å². The minimum absolute atomic E-state index is 0.0401. The minimum Gasteiger partial charge on any atom is -0.354 e. The van der Waals surface area contributed by atoms with Crippen LogP contribution in [0.3, 0.4) is 0 Å². The quantitative estimate of drug-likeness (QED) is 0.790. The number of carbonyl (C=O) groups excluding carboxylic acids is 2. The van der Waals surface area contributed by atoms with E-state index in [0.717, 1.165) is 19.3 Å². The molecule has 0 aromatic rings. The molecule has 3 N–H and O–H groups in total. The fourth-order valence-electron chi connectivity index (χ4n) is 2.70. The molecule has 0 radical (unpaired) electrons. The summed E-state index contributed by atoms with van der Waals surface area (Å²) in [5.74, 6) is 0.519. The molecular formula is C15H29N3O2. The Balaban J connectivity index is 2.47. The number of nitrogens with zero attached hydrogens (tertiary/aromatic N) is 1. The van der Waals surface area contributed by atoms with E-state index in [0.29, 0.717) is 12.5 Å². The van der Waals surface area contributed by atoms with E-state index in [4.69, 9.17) is 5.73 Å². The molecular weight excluding hydrogens is 254 g/mol. The van der Waals surface area contributed by atoms with Crippen molar-refractivity contribution < 1.29 is 9.59 Å². The van der Waals surface area contributed by atoms with Crippen molar-refractivity contribution in [2.24, 2.45) is 23.5 Å². The topological polar surface area (TPSA) is 75.4 Å². The predicted octanol–water partition coefficient (Wildman–Crippen LogP) is 0.981. The van der Waals surface area contributed by atoms with Gasteiger partial charge in [0.1, 0.15) is 0 Å². The van der Waals surface area contributed by atoms with Crippen molar-refractivity contribution in [3.05, 3.63) is 0 Å². The lowest BCUT2D eigenvalue weighted by Gasteiger charge is -2.35. The van der Waals surface area contributed by atoms with Crippen molar-refractivity contribution in [2.45, 2.75) is 46.1 Å². The van der Waals surface area contributed by atoms with Crippen molar-refractivity contribution >= 4 is 11.8 Å². The molecule has 1 fully saturated rings. The van der Waals surface area contributed by atoms with E-state index in [1.54, 1.807) is 7.05 Å². The van der Waals surface area contributed by atoms with Gasteiger partial charge in [0.25, 0.3) is 0 Å². The van der Waals surface area contributed by atoms with Crippen LogP contribution in [0.2, 0.25) is 0 Å². The van der Waals surface area contributed by atoms with Crippen molar-refractivity contribution in [1.82, 2.24) is 10.2 Å². The fraction of sp³-hybridized carbons (Fsp3) is 0.867. The van der Waals surface area contributed by atoms with Crippen molar-refractivity contribution in [3.8, 4) is 0 Å². The molecule has 0 heterocycles. The zero-order valence-electron chi connectivity index (χ0n) is 13.2. The first kappa shape index (κ1) is 17.0. The van der Waals surface area contributed by atoms with Crippen LogP contribution in [-0.2, 0) is 9.59 Å². The van der Waals surface area contributed by atoms with E-state index < -0.39 is 0 Å². The molecule has 0 spiro atoms. The van der Waals surface area contributed by atoms with Crippen molar-refractivity contribution in [1.29, 1.82) is 0 Å². The Morgan fingerprint density at radius 2 is 2.00 bits per heavy atom. The molecule has 3 atom stereocenters. The van der Waals surface area contributed by atoms with Gasteiger partial charge in [-0.2, -0.15) is 0 Å². The summed E-state index contributed by atoms with van der Waals surface area (Å²) in [4.78, 5) is 25.7. The molecule has 1 saturated carbocycles. The summed E-state index contributed by atoms with van der Waals surface area (Å²) in [7, 11) is 1.70. The molecule has 20 heavy (non-hydrogen) atoms. The number of rotatable bonds is 5. The van der Waals surface area contributed by atoms with Crippen LogP contribution >= 0.6 is 0 Å². The standard InChI is InChI=1S/C15H29N3O2/c1-10(2)8-17-14(19)9-18(4)15(20)12-6-5-7-13(16)11(12)3/h10-13H,5-9,16H2,1-4H3,(H,17,19). The number of nitrogens with two attached hydrogens (primary N) is 1. The van der Waals surface area contributed by atoms with Crippen LogP contribution < -0.4 is 11.1 Å². The van der Waals surface area contributed by atoms with Gasteiger partial charge in [-0.25, -0.2) is 0 Å². The number of amides is 2. The SMILES string of the molecule is CC(C)CNC(=O)CN(C)C(=O)C1CCCC(N)C1C. The van der Waals surface area contributed by atoms with Gasteiger partial charge < -0.3 is 16.0 Å². The zero-order valence-corrected chi connectivity index (χ0v) is 13.2. The molecule has 0 aliphatic heterocycles. The molecule has 0 saturated heterocycles. The third-order valence-corrected chi connectivity index (χ3v) is 4.14. The van der Waals surface area contributed by atoms with E-state index in [-0.39, 0.29) is 36.2 Å². The summed E-state index contributed by atoms with van der Waals surface area (Å²) in [5, 5.41) is 2.83. The van der Waals surface area contributed by atoms with Crippen LogP contribution in [0.15, 0.2) is 0 Å². The van der Waals surface area contributed by atoms with Gasteiger partial charge in [0.15, 0.2) is 0 Å². The summed E-state index contributed by atoms with van der Waals surface area (Å²) in [6, 6.07) is 0.0980. The Morgan fingerprint density at radius 1 is 1.35 bits per heavy atom. The van der Waals surface area contributed by atoms with Gasteiger partial charge in [-0.3, -0.25) is 9.59 Å². The highest BCUT2D eigenvalue weighted by atomic mass is 16.2. The predicted molar refractivity (Wildman–Crippen MR) is 80.0 cm³/mol. The van der Waals surface area contributed by atoms with Crippen LogP contribution in [0.4, 0.5) is 0 Å². The first-order chi connectivity index (χ1) is 9.32. The molecule has 0 aromatic carbocycles. The fourth-order valence-corrected chi connectivity index (χ4v) is 2.70. The Bertz CT molecular complexity index is 344. The van der Waals surface area contributed by atoms with E-state index >= 15 is 0 Å². The van der Waals surface area contributed by atoms with E-state index in [9.17, 15) is 9.59 Å². The molecule has 3 unspecified atom stereocenters. The molecule has 1 aliphatic rings. The van der Waals surface area contributed by atoms with Crippen LogP contribution in [0, 0.1) is 17.8 Å². The minimum atomic E-state index is -0.0951. The Labute approximate surface area is 122 Å². The maximum atomic E-state index is 12.4. The van der Waals surface area contributed by atoms with Gasteiger partial charge >= 0.3 is 0 Å². The summed E-state index contributed by atoms with van der Waals surface area (Å²) < 4.78 is 0. The lowest BCUT2D eigenvalue weighted by molar-refractivity contribution is -0.140. The van der Waals surface area contributed by atoms with Gasteiger partial charge in [-0.1, -0.05) is 27.2 Å². The zero-order chi connectivity index (χ0) is 15.3. The lowest BCUT2D eigenvalue weighted by atomic mass is 9.76. The van der Waals surface area contributed by atoms with Crippen LogP contribution in [-0.4, -0.2) is 42.9 Å².